The van der Waals surface area contributed by atoms with Crippen molar-refractivity contribution in [3.8, 4) is 0 Å². The molecule has 1 aliphatic heterocycles. The Morgan fingerprint density at radius 2 is 1.85 bits per heavy atom. The van der Waals surface area contributed by atoms with E-state index in [1.807, 2.05) is 13.1 Å². The van der Waals surface area contributed by atoms with E-state index in [1.54, 1.807) is 17.8 Å². The monoisotopic (exact) mass is 500 g/mol. The summed E-state index contributed by atoms with van der Waals surface area (Å²) in [6, 6.07) is 10.8. The molecular formula is C25H29FN4O2S2. The molecule has 2 aromatic heterocycles. The highest BCUT2D eigenvalue weighted by atomic mass is 32.2. The van der Waals surface area contributed by atoms with Crippen LogP contribution in [0.5, 0.6) is 0 Å². The molecule has 1 saturated heterocycles. The molecule has 0 amide bonds. The van der Waals surface area contributed by atoms with Gasteiger partial charge in [0.05, 0.1) is 28.8 Å². The smallest absolute Gasteiger partial charge is 0.204 e. The third kappa shape index (κ3) is 4.48. The average molecular weight is 501 g/mol. The van der Waals surface area contributed by atoms with Crippen LogP contribution in [-0.2, 0) is 22.1 Å². The van der Waals surface area contributed by atoms with Gasteiger partial charge in [0, 0.05) is 43.7 Å². The first-order valence-corrected chi connectivity index (χ1v) is 14.2. The van der Waals surface area contributed by atoms with Crippen LogP contribution >= 0.6 is 11.3 Å². The van der Waals surface area contributed by atoms with Gasteiger partial charge in [-0.1, -0.05) is 30.3 Å². The molecule has 1 aromatic carbocycles. The Morgan fingerprint density at radius 1 is 1.15 bits per heavy atom. The van der Waals surface area contributed by atoms with E-state index in [-0.39, 0.29) is 5.75 Å². The Bertz CT molecular complexity index is 1240. The van der Waals surface area contributed by atoms with Gasteiger partial charge in [0.1, 0.15) is 0 Å². The largest absolute Gasteiger partial charge is 0.369 e. The van der Waals surface area contributed by atoms with E-state index in [9.17, 15) is 8.42 Å². The minimum absolute atomic E-state index is 0.296. The summed E-state index contributed by atoms with van der Waals surface area (Å²) in [5.74, 6) is -0.126. The zero-order chi connectivity index (χ0) is 23.9. The van der Waals surface area contributed by atoms with Gasteiger partial charge in [-0.2, -0.15) is 0 Å². The van der Waals surface area contributed by atoms with Gasteiger partial charge < -0.3 is 4.90 Å². The number of likely N-dealkylation sites (tertiary alicyclic amines) is 1. The molecule has 9 heteroatoms. The fourth-order valence-corrected chi connectivity index (χ4v) is 7.73. The maximum Gasteiger partial charge on any atom is 0.204 e. The second-order valence-electron chi connectivity index (χ2n) is 9.51. The average Bonchev–Trinajstić information content (AvgIpc) is 3.40. The lowest BCUT2D eigenvalue weighted by atomic mass is 9.90. The molecule has 1 saturated carbocycles. The number of nitrogens with zero attached hydrogens (tertiary/aromatic N) is 4. The van der Waals surface area contributed by atoms with Crippen molar-refractivity contribution in [1.29, 1.82) is 0 Å². The van der Waals surface area contributed by atoms with Crippen molar-refractivity contribution in [2.75, 3.05) is 25.0 Å². The minimum Gasteiger partial charge on any atom is -0.369 e. The van der Waals surface area contributed by atoms with Crippen molar-refractivity contribution >= 4 is 26.9 Å². The van der Waals surface area contributed by atoms with Crippen LogP contribution in [0, 0.1) is 24.6 Å². The van der Waals surface area contributed by atoms with Gasteiger partial charge in [0.2, 0.25) is 9.84 Å². The molecule has 5 rings (SSSR count). The molecule has 6 nitrogen and oxygen atoms in total. The summed E-state index contributed by atoms with van der Waals surface area (Å²) in [7, 11) is -1.92. The molecule has 3 aromatic rings. The SMILES string of the molecule is Cc1c(N(C)C2[C@@H]3CC[C@H]2CN(Cc2ccccc2)C3)cnc(S(=O)(=O)Cc2cscn2)c1F. The second kappa shape index (κ2) is 9.36. The zero-order valence-corrected chi connectivity index (χ0v) is 21.0. The number of aromatic nitrogens is 2. The predicted octanol–water partition coefficient (Wildman–Crippen LogP) is 4.31. The molecule has 0 spiro atoms. The molecule has 2 aliphatic rings. The summed E-state index contributed by atoms with van der Waals surface area (Å²) >= 11 is 1.31. The summed E-state index contributed by atoms with van der Waals surface area (Å²) in [6.07, 6.45) is 3.84. The van der Waals surface area contributed by atoms with E-state index in [2.05, 4.69) is 44.0 Å². The first-order valence-electron chi connectivity index (χ1n) is 11.6. The Balaban J connectivity index is 1.34. The van der Waals surface area contributed by atoms with Crippen LogP contribution in [0.1, 0.15) is 29.7 Å². The lowest BCUT2D eigenvalue weighted by molar-refractivity contribution is 0.138. The molecule has 2 fully saturated rings. The molecule has 3 heterocycles. The van der Waals surface area contributed by atoms with Crippen molar-refractivity contribution in [3.63, 3.8) is 0 Å². The summed E-state index contributed by atoms with van der Waals surface area (Å²) in [4.78, 5) is 12.8. The standard InChI is InChI=1S/C25H29FN4O2S2/c1-17-22(10-27-25(23(17)26)34(31,32)15-21-14-33-16-28-21)29(2)24-19-8-9-20(24)13-30(12-19)11-18-6-4-3-5-7-18/h3-7,10,14,16,19-20,24H,8-9,11-13,15H2,1-2H3/t19-,20+,24?. The fraction of sp³-hybridized carbons (Fsp3) is 0.440. The Hall–Kier alpha value is -2.36. The number of hydrogen-bond donors (Lipinski definition) is 0. The Labute approximate surface area is 204 Å². The minimum atomic E-state index is -3.92. The van der Waals surface area contributed by atoms with E-state index >= 15 is 4.39 Å². The zero-order valence-electron chi connectivity index (χ0n) is 19.4. The van der Waals surface area contributed by atoms with Crippen LogP contribution in [0.4, 0.5) is 10.1 Å². The van der Waals surface area contributed by atoms with Gasteiger partial charge >= 0.3 is 0 Å². The highest BCUT2D eigenvalue weighted by Gasteiger charge is 2.44. The van der Waals surface area contributed by atoms with Crippen LogP contribution in [0.3, 0.4) is 0 Å². The van der Waals surface area contributed by atoms with E-state index in [4.69, 9.17) is 0 Å². The van der Waals surface area contributed by atoms with Gasteiger partial charge in [-0.05, 0) is 37.2 Å². The van der Waals surface area contributed by atoms with Crippen LogP contribution in [-0.4, -0.2) is 49.5 Å². The molecule has 3 atom stereocenters. The van der Waals surface area contributed by atoms with E-state index in [0.29, 0.717) is 34.8 Å². The summed E-state index contributed by atoms with van der Waals surface area (Å²) in [6.45, 7) is 4.62. The van der Waals surface area contributed by atoms with Gasteiger partial charge in [0.15, 0.2) is 10.8 Å². The number of benzene rings is 1. The highest BCUT2D eigenvalue weighted by Crippen LogP contribution is 2.42. The van der Waals surface area contributed by atoms with Crippen molar-refractivity contribution in [1.82, 2.24) is 14.9 Å². The topological polar surface area (TPSA) is 66.4 Å². The number of fused-ring (bicyclic) bond motifs is 2. The summed E-state index contributed by atoms with van der Waals surface area (Å²) < 4.78 is 40.9. The van der Waals surface area contributed by atoms with Crippen molar-refractivity contribution in [2.24, 2.45) is 11.8 Å². The maximum absolute atomic E-state index is 15.3. The van der Waals surface area contributed by atoms with Crippen LogP contribution in [0.2, 0.25) is 0 Å². The second-order valence-corrected chi connectivity index (χ2v) is 12.1. The number of rotatable bonds is 7. The van der Waals surface area contributed by atoms with Gasteiger partial charge in [-0.3, -0.25) is 4.90 Å². The lowest BCUT2D eigenvalue weighted by Crippen LogP contribution is -2.51. The number of pyridine rings is 1. The summed E-state index contributed by atoms with van der Waals surface area (Å²) in [5, 5.41) is 1.17. The molecule has 0 N–H and O–H groups in total. The highest BCUT2D eigenvalue weighted by molar-refractivity contribution is 7.90. The van der Waals surface area contributed by atoms with E-state index in [1.165, 1.54) is 23.1 Å². The number of halogens is 1. The number of anilines is 1. The molecule has 180 valence electrons. The maximum atomic E-state index is 15.3. The first-order chi connectivity index (χ1) is 16.3. The fourth-order valence-electron chi connectivity index (χ4n) is 5.75. The normalized spacial score (nSPS) is 22.7. The number of sulfone groups is 1. The van der Waals surface area contributed by atoms with E-state index < -0.39 is 20.7 Å². The number of thiazole rings is 1. The van der Waals surface area contributed by atoms with Crippen LogP contribution < -0.4 is 4.90 Å². The third-order valence-electron chi connectivity index (χ3n) is 7.26. The molecule has 0 radical (unpaired) electrons. The van der Waals surface area contributed by atoms with Gasteiger partial charge in [-0.25, -0.2) is 22.8 Å². The van der Waals surface area contributed by atoms with Crippen LogP contribution in [0.15, 0.2) is 52.4 Å². The van der Waals surface area contributed by atoms with Gasteiger partial charge in [-0.15, -0.1) is 11.3 Å². The van der Waals surface area contributed by atoms with Crippen molar-refractivity contribution in [2.45, 2.75) is 43.1 Å². The van der Waals surface area contributed by atoms with E-state index in [0.717, 1.165) is 32.5 Å². The number of hydrogen-bond acceptors (Lipinski definition) is 7. The molecule has 1 aliphatic carbocycles. The lowest BCUT2D eigenvalue weighted by Gasteiger charge is -2.43. The predicted molar refractivity (Wildman–Crippen MR) is 132 cm³/mol. The molecule has 2 bridgehead atoms. The van der Waals surface area contributed by atoms with Crippen molar-refractivity contribution < 1.29 is 12.8 Å². The summed E-state index contributed by atoms with van der Waals surface area (Å²) in [5.41, 5.74) is 4.30. The first kappa shape index (κ1) is 23.4. The quantitative estimate of drug-likeness (QED) is 0.482. The molecular weight excluding hydrogens is 471 g/mol. The molecule has 1 unspecified atom stereocenters. The van der Waals surface area contributed by atoms with Crippen LogP contribution in [0.25, 0.3) is 0 Å². The third-order valence-corrected chi connectivity index (χ3v) is 9.44. The Kier molecular flexibility index (Phi) is 6.43. The van der Waals surface area contributed by atoms with Crippen molar-refractivity contribution in [3.05, 3.63) is 70.1 Å². The Morgan fingerprint density at radius 3 is 2.50 bits per heavy atom. The van der Waals surface area contributed by atoms with Gasteiger partial charge in [0.25, 0.3) is 0 Å². The molecule has 34 heavy (non-hydrogen) atoms. The number of piperidine rings is 1.